The summed E-state index contributed by atoms with van der Waals surface area (Å²) in [6, 6.07) is 6.89. The van der Waals surface area contributed by atoms with Gasteiger partial charge in [0.1, 0.15) is 5.75 Å². The highest BCUT2D eigenvalue weighted by molar-refractivity contribution is 7.89. The van der Waals surface area contributed by atoms with Crippen molar-refractivity contribution >= 4 is 21.6 Å². The molecular weight excluding hydrogens is 292 g/mol. The number of benzene rings is 1. The molecule has 0 saturated carbocycles. The molecule has 1 aromatic carbocycles. The van der Waals surface area contributed by atoms with E-state index in [0.29, 0.717) is 18.7 Å². The minimum Gasteiger partial charge on any atom is -0.494 e. The molecule has 0 aliphatic heterocycles. The van der Waals surface area contributed by atoms with Crippen LogP contribution in [0.2, 0.25) is 0 Å². The van der Waals surface area contributed by atoms with Gasteiger partial charge in [0.15, 0.2) is 0 Å². The second kappa shape index (κ2) is 8.63. The minimum absolute atomic E-state index is 0.0415. The van der Waals surface area contributed by atoms with Crippen LogP contribution in [0, 0.1) is 0 Å². The van der Waals surface area contributed by atoms with Gasteiger partial charge in [0.25, 0.3) is 0 Å². The number of unbranched alkanes of at least 4 members (excludes halogenated alkanes) is 1. The van der Waals surface area contributed by atoms with E-state index in [0.717, 1.165) is 12.2 Å². The zero-order valence-electron chi connectivity index (χ0n) is 12.4. The van der Waals surface area contributed by atoms with Gasteiger partial charge in [-0.3, -0.25) is 4.79 Å². The lowest BCUT2D eigenvalue weighted by atomic mass is 10.3. The lowest BCUT2D eigenvalue weighted by Crippen LogP contribution is -2.34. The summed E-state index contributed by atoms with van der Waals surface area (Å²) < 4.78 is 30.7. The summed E-state index contributed by atoms with van der Waals surface area (Å²) in [4.78, 5) is 11.7. The Hall–Kier alpha value is -1.60. The van der Waals surface area contributed by atoms with Crippen LogP contribution in [-0.4, -0.2) is 33.2 Å². The summed E-state index contributed by atoms with van der Waals surface area (Å²) in [5, 5.41) is 2.62. The molecule has 0 bridgehead atoms. The van der Waals surface area contributed by atoms with Gasteiger partial charge in [-0.25, -0.2) is 13.1 Å². The molecule has 1 amide bonds. The average Bonchev–Trinajstić information content (AvgIpc) is 2.46. The standard InChI is InChI=1S/C14H22N2O4S/c1-3-5-10-21(18,19)15-11-14(17)16-12-6-8-13(9-7-12)20-4-2/h6-9,15H,3-5,10-11H2,1-2H3,(H,16,17). The van der Waals surface area contributed by atoms with Crippen LogP contribution in [0.1, 0.15) is 26.7 Å². The van der Waals surface area contributed by atoms with Crippen LogP contribution in [0.25, 0.3) is 0 Å². The largest absolute Gasteiger partial charge is 0.494 e. The summed E-state index contributed by atoms with van der Waals surface area (Å²) in [7, 11) is -3.38. The van der Waals surface area contributed by atoms with E-state index in [9.17, 15) is 13.2 Å². The summed E-state index contributed by atoms with van der Waals surface area (Å²) >= 11 is 0. The van der Waals surface area contributed by atoms with Gasteiger partial charge in [-0.2, -0.15) is 0 Å². The number of hydrogen-bond acceptors (Lipinski definition) is 4. The molecule has 0 unspecified atom stereocenters. The van der Waals surface area contributed by atoms with Crippen LogP contribution in [0.3, 0.4) is 0 Å². The molecule has 1 aromatic rings. The smallest absolute Gasteiger partial charge is 0.239 e. The number of sulfonamides is 1. The van der Waals surface area contributed by atoms with Gasteiger partial charge in [0, 0.05) is 5.69 Å². The summed E-state index contributed by atoms with van der Waals surface area (Å²) in [5.74, 6) is 0.356. The highest BCUT2D eigenvalue weighted by Crippen LogP contribution is 2.15. The first-order valence-corrected chi connectivity index (χ1v) is 8.62. The van der Waals surface area contributed by atoms with E-state index < -0.39 is 15.9 Å². The number of nitrogens with one attached hydrogen (secondary N) is 2. The van der Waals surface area contributed by atoms with Crippen molar-refractivity contribution in [3.05, 3.63) is 24.3 Å². The van der Waals surface area contributed by atoms with Crippen molar-refractivity contribution in [1.82, 2.24) is 4.72 Å². The molecule has 2 N–H and O–H groups in total. The Labute approximate surface area is 125 Å². The quantitative estimate of drug-likeness (QED) is 0.727. The Balaban J connectivity index is 2.43. The Morgan fingerprint density at radius 2 is 1.86 bits per heavy atom. The van der Waals surface area contributed by atoms with Crippen molar-refractivity contribution in [1.29, 1.82) is 0 Å². The van der Waals surface area contributed by atoms with E-state index in [1.165, 1.54) is 0 Å². The zero-order chi connectivity index (χ0) is 15.7. The van der Waals surface area contributed by atoms with E-state index in [4.69, 9.17) is 4.74 Å². The number of anilines is 1. The maximum absolute atomic E-state index is 11.7. The normalized spacial score (nSPS) is 11.1. The van der Waals surface area contributed by atoms with Crippen molar-refractivity contribution < 1.29 is 17.9 Å². The molecule has 6 nitrogen and oxygen atoms in total. The fraction of sp³-hybridized carbons (Fsp3) is 0.500. The molecule has 1 rings (SSSR count). The number of carbonyl (C=O) groups is 1. The Morgan fingerprint density at radius 3 is 2.43 bits per heavy atom. The highest BCUT2D eigenvalue weighted by Gasteiger charge is 2.11. The second-order valence-corrected chi connectivity index (χ2v) is 6.43. The van der Waals surface area contributed by atoms with Crippen molar-refractivity contribution in [2.75, 3.05) is 24.2 Å². The molecule has 0 atom stereocenters. The maximum atomic E-state index is 11.7. The van der Waals surface area contributed by atoms with E-state index in [1.807, 2.05) is 13.8 Å². The van der Waals surface area contributed by atoms with Crippen molar-refractivity contribution in [2.24, 2.45) is 0 Å². The number of amides is 1. The molecule has 0 heterocycles. The molecule has 0 aliphatic carbocycles. The Kier molecular flexibility index (Phi) is 7.18. The fourth-order valence-corrected chi connectivity index (χ4v) is 2.75. The predicted molar refractivity (Wildman–Crippen MR) is 82.9 cm³/mol. The third kappa shape index (κ3) is 7.10. The Morgan fingerprint density at radius 1 is 1.19 bits per heavy atom. The van der Waals surface area contributed by atoms with Gasteiger partial charge in [-0.1, -0.05) is 13.3 Å². The van der Waals surface area contributed by atoms with Gasteiger partial charge >= 0.3 is 0 Å². The predicted octanol–water partition coefficient (Wildman–Crippen LogP) is 1.74. The van der Waals surface area contributed by atoms with E-state index in [-0.39, 0.29) is 12.3 Å². The third-order valence-corrected chi connectivity index (χ3v) is 4.08. The first-order valence-electron chi connectivity index (χ1n) is 6.97. The van der Waals surface area contributed by atoms with E-state index >= 15 is 0 Å². The van der Waals surface area contributed by atoms with Crippen LogP contribution in [0.5, 0.6) is 5.75 Å². The summed E-state index contributed by atoms with van der Waals surface area (Å²) in [6.07, 6.45) is 1.37. The lowest BCUT2D eigenvalue weighted by Gasteiger charge is -2.08. The van der Waals surface area contributed by atoms with Crippen LogP contribution in [0.15, 0.2) is 24.3 Å². The van der Waals surface area contributed by atoms with Gasteiger partial charge in [0.05, 0.1) is 18.9 Å². The molecule has 0 radical (unpaired) electrons. The van der Waals surface area contributed by atoms with Gasteiger partial charge < -0.3 is 10.1 Å². The molecule has 0 aromatic heterocycles. The van der Waals surface area contributed by atoms with Gasteiger partial charge in [-0.15, -0.1) is 0 Å². The summed E-state index contributed by atoms with van der Waals surface area (Å²) in [5.41, 5.74) is 0.594. The molecule has 0 saturated heterocycles. The number of ether oxygens (including phenoxy) is 1. The second-order valence-electron chi connectivity index (χ2n) is 4.50. The molecule has 0 spiro atoms. The molecule has 7 heteroatoms. The van der Waals surface area contributed by atoms with Gasteiger partial charge in [-0.05, 0) is 37.6 Å². The van der Waals surface area contributed by atoms with Crippen LogP contribution >= 0.6 is 0 Å². The topological polar surface area (TPSA) is 84.5 Å². The summed E-state index contributed by atoms with van der Waals surface area (Å²) in [6.45, 7) is 4.11. The number of carbonyl (C=O) groups excluding carboxylic acids is 1. The molecule has 0 fully saturated rings. The van der Waals surface area contributed by atoms with Crippen molar-refractivity contribution in [2.45, 2.75) is 26.7 Å². The monoisotopic (exact) mass is 314 g/mol. The minimum atomic E-state index is -3.38. The van der Waals surface area contributed by atoms with Crippen LogP contribution < -0.4 is 14.8 Å². The highest BCUT2D eigenvalue weighted by atomic mass is 32.2. The first kappa shape index (κ1) is 17.5. The molecular formula is C14H22N2O4S. The SMILES string of the molecule is CCCCS(=O)(=O)NCC(=O)Nc1ccc(OCC)cc1. The Bertz CT molecular complexity index is 541. The molecule has 21 heavy (non-hydrogen) atoms. The average molecular weight is 314 g/mol. The van der Waals surface area contributed by atoms with Crippen molar-refractivity contribution in [3.8, 4) is 5.75 Å². The number of hydrogen-bond donors (Lipinski definition) is 2. The van der Waals surface area contributed by atoms with Crippen LogP contribution in [0.4, 0.5) is 5.69 Å². The molecule has 0 aliphatic rings. The zero-order valence-corrected chi connectivity index (χ0v) is 13.2. The van der Waals surface area contributed by atoms with Crippen molar-refractivity contribution in [3.63, 3.8) is 0 Å². The molecule has 118 valence electrons. The number of rotatable bonds is 9. The lowest BCUT2D eigenvalue weighted by molar-refractivity contribution is -0.115. The fourth-order valence-electron chi connectivity index (χ4n) is 1.59. The van der Waals surface area contributed by atoms with Crippen LogP contribution in [-0.2, 0) is 14.8 Å². The third-order valence-electron chi connectivity index (χ3n) is 2.67. The van der Waals surface area contributed by atoms with E-state index in [1.54, 1.807) is 24.3 Å². The first-order chi connectivity index (χ1) is 9.96. The van der Waals surface area contributed by atoms with E-state index in [2.05, 4.69) is 10.0 Å². The maximum Gasteiger partial charge on any atom is 0.239 e. The van der Waals surface area contributed by atoms with Gasteiger partial charge in [0.2, 0.25) is 15.9 Å².